The molecule has 0 aliphatic rings. The fraction of sp³-hybridized carbons (Fsp3) is 0.0769. The second-order valence-electron chi connectivity index (χ2n) is 7.92. The quantitative estimate of drug-likeness (QED) is 0.305. The molecule has 3 aromatic carbocycles. The van der Waals surface area contributed by atoms with Gasteiger partial charge in [-0.2, -0.15) is 0 Å². The summed E-state index contributed by atoms with van der Waals surface area (Å²) in [5.74, 6) is 0.181. The molecule has 3 N–H and O–H groups in total. The molecular formula is C26H22N4O4S. The molecule has 0 saturated carbocycles. The Morgan fingerprint density at radius 1 is 0.943 bits per heavy atom. The number of fused-ring (bicyclic) bond motifs is 1. The van der Waals surface area contributed by atoms with Crippen molar-refractivity contribution < 1.29 is 17.6 Å². The highest BCUT2D eigenvalue weighted by Crippen LogP contribution is 2.25. The Bertz CT molecular complexity index is 1540. The van der Waals surface area contributed by atoms with E-state index in [0.717, 1.165) is 22.2 Å². The lowest BCUT2D eigenvalue weighted by Crippen LogP contribution is -2.29. The summed E-state index contributed by atoms with van der Waals surface area (Å²) in [5, 5.41) is 3.07. The van der Waals surface area contributed by atoms with Crippen LogP contribution in [0.15, 0.2) is 107 Å². The maximum atomic E-state index is 13.1. The molecule has 1 amide bonds. The number of sulfonamides is 1. The molecule has 0 bridgehead atoms. The van der Waals surface area contributed by atoms with Gasteiger partial charge < -0.3 is 14.7 Å². The van der Waals surface area contributed by atoms with Gasteiger partial charge in [0.15, 0.2) is 0 Å². The van der Waals surface area contributed by atoms with Gasteiger partial charge in [-0.15, -0.1) is 0 Å². The summed E-state index contributed by atoms with van der Waals surface area (Å²) < 4.78 is 32.8. The topological polar surface area (TPSA) is 117 Å². The number of carbonyl (C=O) groups is 1. The number of carbonyl (C=O) groups excluding carboxylic acids is 1. The predicted octanol–water partition coefficient (Wildman–Crippen LogP) is 4.15. The Kier molecular flexibility index (Phi) is 6.17. The smallest absolute Gasteiger partial charge is 0.252 e. The van der Waals surface area contributed by atoms with Gasteiger partial charge in [-0.1, -0.05) is 36.4 Å². The van der Waals surface area contributed by atoms with Crippen molar-refractivity contribution in [2.75, 3.05) is 0 Å². The number of hydrogen-bond donors (Lipinski definition) is 3. The summed E-state index contributed by atoms with van der Waals surface area (Å²) in [4.78, 5) is 20.6. The number of H-pyrrole nitrogens is 1. The summed E-state index contributed by atoms with van der Waals surface area (Å²) in [6, 6.07) is 24.2. The minimum Gasteiger partial charge on any atom is -0.468 e. The standard InChI is InChI=1S/C26H22N4O4S/c31-26(19-8-11-22(12-9-19)35(32,33)29-16-21-7-4-14-34-21)30-25(18-5-2-1-3-6-18)20-10-13-23-24(15-20)28-17-27-23/h1-15,17,25,29H,16H2,(H,27,28)(H,30,31). The van der Waals surface area contributed by atoms with Gasteiger partial charge in [-0.3, -0.25) is 4.79 Å². The van der Waals surface area contributed by atoms with Gasteiger partial charge in [0.1, 0.15) is 5.76 Å². The molecule has 0 fully saturated rings. The highest BCUT2D eigenvalue weighted by Gasteiger charge is 2.20. The molecule has 1 atom stereocenters. The van der Waals surface area contributed by atoms with Crippen LogP contribution in [0.3, 0.4) is 0 Å². The Morgan fingerprint density at radius 2 is 1.74 bits per heavy atom. The van der Waals surface area contributed by atoms with Crippen LogP contribution < -0.4 is 10.0 Å². The van der Waals surface area contributed by atoms with Crippen molar-refractivity contribution in [3.05, 3.63) is 120 Å². The molecule has 1 unspecified atom stereocenters. The fourth-order valence-corrected chi connectivity index (χ4v) is 4.79. The zero-order valence-corrected chi connectivity index (χ0v) is 19.3. The molecule has 9 heteroatoms. The lowest BCUT2D eigenvalue weighted by atomic mass is 9.97. The van der Waals surface area contributed by atoms with E-state index in [9.17, 15) is 13.2 Å². The number of nitrogens with zero attached hydrogens (tertiary/aromatic N) is 1. The average molecular weight is 487 g/mol. The fourth-order valence-electron chi connectivity index (χ4n) is 3.80. The first-order valence-corrected chi connectivity index (χ1v) is 12.4. The largest absolute Gasteiger partial charge is 0.468 e. The first-order valence-electron chi connectivity index (χ1n) is 10.9. The number of amides is 1. The van der Waals surface area contributed by atoms with Crippen molar-refractivity contribution in [1.29, 1.82) is 0 Å². The first kappa shape index (κ1) is 22.6. The molecule has 0 saturated heterocycles. The Hall–Kier alpha value is -4.21. The van der Waals surface area contributed by atoms with E-state index in [4.69, 9.17) is 4.42 Å². The SMILES string of the molecule is O=C(NC(c1ccccc1)c1ccc2nc[nH]c2c1)c1ccc(S(=O)(=O)NCc2ccco2)cc1. The van der Waals surface area contributed by atoms with Crippen LogP contribution in [0.1, 0.15) is 33.3 Å². The van der Waals surface area contributed by atoms with Crippen molar-refractivity contribution in [2.24, 2.45) is 0 Å². The number of aromatic amines is 1. The van der Waals surface area contributed by atoms with Crippen LogP contribution in [0.2, 0.25) is 0 Å². The summed E-state index contributed by atoms with van der Waals surface area (Å²) in [6.45, 7) is 0.0387. The van der Waals surface area contributed by atoms with Gasteiger partial charge in [0, 0.05) is 5.56 Å². The highest BCUT2D eigenvalue weighted by molar-refractivity contribution is 7.89. The van der Waals surface area contributed by atoms with Crippen molar-refractivity contribution in [3.63, 3.8) is 0 Å². The molecule has 8 nitrogen and oxygen atoms in total. The van der Waals surface area contributed by atoms with Crippen LogP contribution >= 0.6 is 0 Å². The van der Waals surface area contributed by atoms with Gasteiger partial charge in [0.05, 0.1) is 41.1 Å². The van der Waals surface area contributed by atoms with E-state index in [-0.39, 0.29) is 17.3 Å². The molecule has 5 aromatic rings. The normalized spacial score (nSPS) is 12.5. The maximum Gasteiger partial charge on any atom is 0.252 e. The summed E-state index contributed by atoms with van der Waals surface area (Å²) >= 11 is 0. The monoisotopic (exact) mass is 486 g/mol. The molecule has 176 valence electrons. The van der Waals surface area contributed by atoms with Gasteiger partial charge >= 0.3 is 0 Å². The van der Waals surface area contributed by atoms with Crippen molar-refractivity contribution >= 4 is 27.0 Å². The number of imidazole rings is 1. The van der Waals surface area contributed by atoms with Crippen molar-refractivity contribution in [3.8, 4) is 0 Å². The van der Waals surface area contributed by atoms with E-state index in [1.807, 2.05) is 48.5 Å². The second kappa shape index (κ2) is 9.57. The van der Waals surface area contributed by atoms with Gasteiger partial charge in [-0.05, 0) is 59.7 Å². The Labute approximate surface area is 202 Å². The van der Waals surface area contributed by atoms with Crippen molar-refractivity contribution in [2.45, 2.75) is 17.5 Å². The van der Waals surface area contributed by atoms with Crippen LogP contribution in [-0.4, -0.2) is 24.3 Å². The second-order valence-corrected chi connectivity index (χ2v) is 9.69. The van der Waals surface area contributed by atoms with E-state index in [1.165, 1.54) is 30.5 Å². The van der Waals surface area contributed by atoms with E-state index in [1.54, 1.807) is 18.5 Å². The predicted molar refractivity (Wildman–Crippen MR) is 131 cm³/mol. The van der Waals surface area contributed by atoms with E-state index in [2.05, 4.69) is 20.0 Å². The first-order chi connectivity index (χ1) is 17.0. The number of hydrogen-bond acceptors (Lipinski definition) is 5. The highest BCUT2D eigenvalue weighted by atomic mass is 32.2. The third-order valence-corrected chi connectivity index (χ3v) is 7.05. The molecule has 2 heterocycles. The number of aromatic nitrogens is 2. The molecule has 2 aromatic heterocycles. The molecule has 5 rings (SSSR count). The lowest BCUT2D eigenvalue weighted by Gasteiger charge is -2.20. The third kappa shape index (κ3) is 5.01. The zero-order valence-electron chi connectivity index (χ0n) is 18.5. The van der Waals surface area contributed by atoms with E-state index < -0.39 is 16.1 Å². The van der Waals surface area contributed by atoms with Gasteiger partial charge in [-0.25, -0.2) is 18.1 Å². The Morgan fingerprint density at radius 3 is 2.49 bits per heavy atom. The molecule has 0 aliphatic heterocycles. The van der Waals surface area contributed by atoms with Crippen LogP contribution in [-0.2, 0) is 16.6 Å². The van der Waals surface area contributed by atoms with Crippen LogP contribution in [0.25, 0.3) is 11.0 Å². The number of furan rings is 1. The van der Waals surface area contributed by atoms with E-state index in [0.29, 0.717) is 11.3 Å². The molecule has 0 aliphatic carbocycles. The zero-order chi connectivity index (χ0) is 24.3. The molecule has 0 spiro atoms. The van der Waals surface area contributed by atoms with Gasteiger partial charge in [0.2, 0.25) is 10.0 Å². The third-order valence-electron chi connectivity index (χ3n) is 5.63. The van der Waals surface area contributed by atoms with Crippen LogP contribution in [0.5, 0.6) is 0 Å². The van der Waals surface area contributed by atoms with Crippen LogP contribution in [0, 0.1) is 0 Å². The maximum absolute atomic E-state index is 13.1. The minimum atomic E-state index is -3.75. The molecule has 0 radical (unpaired) electrons. The number of benzene rings is 3. The summed E-state index contributed by atoms with van der Waals surface area (Å²) in [5.41, 5.74) is 3.86. The summed E-state index contributed by atoms with van der Waals surface area (Å²) in [6.07, 6.45) is 3.11. The van der Waals surface area contributed by atoms with Crippen LogP contribution in [0.4, 0.5) is 0 Å². The lowest BCUT2D eigenvalue weighted by molar-refractivity contribution is 0.0943. The van der Waals surface area contributed by atoms with E-state index >= 15 is 0 Å². The summed E-state index contributed by atoms with van der Waals surface area (Å²) in [7, 11) is -3.75. The number of nitrogens with one attached hydrogen (secondary N) is 3. The molecular weight excluding hydrogens is 464 g/mol. The van der Waals surface area contributed by atoms with Crippen molar-refractivity contribution in [1.82, 2.24) is 20.0 Å². The Balaban J connectivity index is 1.36. The van der Waals surface area contributed by atoms with Gasteiger partial charge in [0.25, 0.3) is 5.91 Å². The minimum absolute atomic E-state index is 0.0387. The average Bonchev–Trinajstić information content (AvgIpc) is 3.58. The number of rotatable bonds is 8. The molecule has 35 heavy (non-hydrogen) atoms.